The highest BCUT2D eigenvalue weighted by molar-refractivity contribution is 9.10. The Morgan fingerprint density at radius 3 is 2.74 bits per heavy atom. The van der Waals surface area contributed by atoms with Gasteiger partial charge in [-0.15, -0.1) is 0 Å². The van der Waals surface area contributed by atoms with Crippen molar-refractivity contribution in [3.63, 3.8) is 0 Å². The smallest absolute Gasteiger partial charge is 0.255 e. The molecule has 0 aliphatic heterocycles. The second-order valence-corrected chi connectivity index (χ2v) is 6.54. The summed E-state index contributed by atoms with van der Waals surface area (Å²) in [7, 11) is 0. The highest BCUT2D eigenvalue weighted by atomic mass is 79.9. The molecule has 23 heavy (non-hydrogen) atoms. The van der Waals surface area contributed by atoms with Gasteiger partial charge in [0.2, 0.25) is 0 Å². The van der Waals surface area contributed by atoms with E-state index in [1.54, 1.807) is 36.4 Å². The molecule has 2 rings (SSSR count). The van der Waals surface area contributed by atoms with E-state index in [2.05, 4.69) is 28.2 Å². The molecule has 0 radical (unpaired) electrons. The first-order valence-electron chi connectivity index (χ1n) is 7.20. The fourth-order valence-electron chi connectivity index (χ4n) is 1.88. The highest BCUT2D eigenvalue weighted by Crippen LogP contribution is 2.31. The van der Waals surface area contributed by atoms with Crippen LogP contribution in [0.5, 0.6) is 5.75 Å². The maximum absolute atomic E-state index is 12.3. The molecule has 0 aliphatic rings. The van der Waals surface area contributed by atoms with E-state index >= 15 is 0 Å². The van der Waals surface area contributed by atoms with E-state index in [-0.39, 0.29) is 5.91 Å². The Bertz CT molecular complexity index is 707. The molecular weight excluding hydrogens is 401 g/mol. The van der Waals surface area contributed by atoms with Crippen LogP contribution in [0.3, 0.4) is 0 Å². The summed E-state index contributed by atoms with van der Waals surface area (Å²) < 4.78 is 6.38. The summed E-state index contributed by atoms with van der Waals surface area (Å²) in [6.45, 7) is 2.76. The van der Waals surface area contributed by atoms with Gasteiger partial charge in [-0.2, -0.15) is 0 Å². The predicted octanol–water partition coefficient (Wildman–Crippen LogP) is 6.19. The van der Waals surface area contributed by atoms with Crippen molar-refractivity contribution in [2.24, 2.45) is 0 Å². The number of hydrogen-bond donors (Lipinski definition) is 1. The fourth-order valence-corrected chi connectivity index (χ4v) is 2.72. The van der Waals surface area contributed by atoms with Crippen LogP contribution in [0.4, 0.5) is 5.69 Å². The van der Waals surface area contributed by atoms with Crippen molar-refractivity contribution in [2.45, 2.75) is 19.8 Å². The van der Waals surface area contributed by atoms with Gasteiger partial charge in [0, 0.05) is 5.56 Å². The number of carbonyl (C=O) groups excluding carboxylic acids is 1. The molecule has 0 bridgehead atoms. The molecule has 0 fully saturated rings. The fraction of sp³-hybridized carbons (Fsp3) is 0.235. The third-order valence-electron chi connectivity index (χ3n) is 3.15. The lowest BCUT2D eigenvalue weighted by atomic mass is 10.2. The van der Waals surface area contributed by atoms with Gasteiger partial charge < -0.3 is 10.1 Å². The van der Waals surface area contributed by atoms with Gasteiger partial charge in [-0.1, -0.05) is 42.6 Å². The largest absolute Gasteiger partial charge is 0.492 e. The highest BCUT2D eigenvalue weighted by Gasteiger charge is 2.12. The summed E-state index contributed by atoms with van der Waals surface area (Å²) in [5.41, 5.74) is 0.972. The van der Waals surface area contributed by atoms with Gasteiger partial charge in [0.25, 0.3) is 5.91 Å². The van der Waals surface area contributed by atoms with E-state index < -0.39 is 0 Å². The van der Waals surface area contributed by atoms with Crippen molar-refractivity contribution in [1.29, 1.82) is 0 Å². The van der Waals surface area contributed by atoms with Crippen molar-refractivity contribution >= 4 is 50.7 Å². The van der Waals surface area contributed by atoms with Gasteiger partial charge in [-0.25, -0.2) is 0 Å². The monoisotopic (exact) mass is 415 g/mol. The standard InChI is InChI=1S/C17H16BrCl2NO2/c1-2-3-9-23-15-8-7-11(10-12(15)18)17(22)21-14-6-4-5-13(19)16(14)20/h4-8,10H,2-3,9H2,1H3,(H,21,22). The Balaban J connectivity index is 2.10. The Kier molecular flexibility index (Phi) is 6.75. The molecule has 3 nitrogen and oxygen atoms in total. The van der Waals surface area contributed by atoms with Gasteiger partial charge in [0.1, 0.15) is 5.75 Å². The summed E-state index contributed by atoms with van der Waals surface area (Å²) in [6, 6.07) is 10.3. The number of halogens is 3. The maximum atomic E-state index is 12.3. The van der Waals surface area contributed by atoms with E-state index in [0.29, 0.717) is 27.9 Å². The normalized spacial score (nSPS) is 10.4. The lowest BCUT2D eigenvalue weighted by Crippen LogP contribution is -2.12. The molecule has 0 saturated heterocycles. The lowest BCUT2D eigenvalue weighted by Gasteiger charge is -2.11. The summed E-state index contributed by atoms with van der Waals surface area (Å²) in [5.74, 6) is 0.450. The molecular formula is C17H16BrCl2NO2. The number of anilines is 1. The SMILES string of the molecule is CCCCOc1ccc(C(=O)Nc2cccc(Cl)c2Cl)cc1Br. The van der Waals surface area contributed by atoms with Crippen molar-refractivity contribution < 1.29 is 9.53 Å². The average molecular weight is 417 g/mol. The quantitative estimate of drug-likeness (QED) is 0.570. The zero-order chi connectivity index (χ0) is 16.8. The topological polar surface area (TPSA) is 38.3 Å². The predicted molar refractivity (Wildman–Crippen MR) is 99.0 cm³/mol. The molecule has 122 valence electrons. The number of rotatable bonds is 6. The van der Waals surface area contributed by atoms with Gasteiger partial charge in [-0.05, 0) is 52.7 Å². The summed E-state index contributed by atoms with van der Waals surface area (Å²) in [6.07, 6.45) is 2.06. The molecule has 0 heterocycles. The molecule has 6 heteroatoms. The van der Waals surface area contributed by atoms with E-state index in [0.717, 1.165) is 23.1 Å². The average Bonchev–Trinajstić information content (AvgIpc) is 2.53. The zero-order valence-corrected chi connectivity index (χ0v) is 15.6. The first kappa shape index (κ1) is 18.1. The molecule has 1 N–H and O–H groups in total. The van der Waals surface area contributed by atoms with Gasteiger partial charge in [0.15, 0.2) is 0 Å². The van der Waals surface area contributed by atoms with Crippen molar-refractivity contribution in [3.05, 3.63) is 56.5 Å². The minimum absolute atomic E-state index is 0.269. The van der Waals surface area contributed by atoms with E-state index in [1.165, 1.54) is 0 Å². The number of benzene rings is 2. The molecule has 0 spiro atoms. The number of carbonyl (C=O) groups is 1. The Labute approximate surface area is 154 Å². The van der Waals surface area contributed by atoms with Crippen LogP contribution in [-0.2, 0) is 0 Å². The molecule has 0 unspecified atom stereocenters. The number of unbranched alkanes of at least 4 members (excludes halogenated alkanes) is 1. The summed E-state index contributed by atoms with van der Waals surface area (Å²) in [4.78, 5) is 12.3. The first-order valence-corrected chi connectivity index (χ1v) is 8.75. The third-order valence-corrected chi connectivity index (χ3v) is 4.59. The van der Waals surface area contributed by atoms with Crippen LogP contribution in [-0.4, -0.2) is 12.5 Å². The molecule has 2 aromatic rings. The Morgan fingerprint density at radius 1 is 1.26 bits per heavy atom. The Morgan fingerprint density at radius 2 is 2.04 bits per heavy atom. The first-order chi connectivity index (χ1) is 11.0. The second kappa shape index (κ2) is 8.57. The number of ether oxygens (including phenoxy) is 1. The lowest BCUT2D eigenvalue weighted by molar-refractivity contribution is 0.102. The van der Waals surface area contributed by atoms with Crippen LogP contribution in [0.15, 0.2) is 40.9 Å². The van der Waals surface area contributed by atoms with Crippen LogP contribution in [0.1, 0.15) is 30.1 Å². The van der Waals surface area contributed by atoms with Crippen molar-refractivity contribution in [3.8, 4) is 5.75 Å². The van der Waals surface area contributed by atoms with Crippen LogP contribution in [0, 0.1) is 0 Å². The molecule has 2 aromatic carbocycles. The molecule has 0 atom stereocenters. The van der Waals surface area contributed by atoms with Crippen LogP contribution in [0.25, 0.3) is 0 Å². The van der Waals surface area contributed by atoms with Crippen LogP contribution in [0.2, 0.25) is 10.0 Å². The van der Waals surface area contributed by atoms with Gasteiger partial charge >= 0.3 is 0 Å². The molecule has 0 aromatic heterocycles. The van der Waals surface area contributed by atoms with Crippen molar-refractivity contribution in [1.82, 2.24) is 0 Å². The minimum atomic E-state index is -0.269. The zero-order valence-electron chi connectivity index (χ0n) is 12.5. The van der Waals surface area contributed by atoms with E-state index in [4.69, 9.17) is 27.9 Å². The molecule has 1 amide bonds. The van der Waals surface area contributed by atoms with Crippen LogP contribution >= 0.6 is 39.1 Å². The third kappa shape index (κ3) is 4.87. The van der Waals surface area contributed by atoms with Crippen LogP contribution < -0.4 is 10.1 Å². The number of hydrogen-bond acceptors (Lipinski definition) is 2. The number of amides is 1. The number of nitrogens with one attached hydrogen (secondary N) is 1. The molecule has 0 aliphatic carbocycles. The maximum Gasteiger partial charge on any atom is 0.255 e. The second-order valence-electron chi connectivity index (χ2n) is 4.90. The Hall–Kier alpha value is -1.23. The van der Waals surface area contributed by atoms with Crippen molar-refractivity contribution in [2.75, 3.05) is 11.9 Å². The van der Waals surface area contributed by atoms with E-state index in [1.807, 2.05) is 0 Å². The summed E-state index contributed by atoms with van der Waals surface area (Å²) in [5, 5.41) is 3.46. The van der Waals surface area contributed by atoms with Gasteiger partial charge in [0.05, 0.1) is 26.8 Å². The van der Waals surface area contributed by atoms with E-state index in [9.17, 15) is 4.79 Å². The van der Waals surface area contributed by atoms with Gasteiger partial charge in [-0.3, -0.25) is 4.79 Å². The molecule has 0 saturated carbocycles. The minimum Gasteiger partial charge on any atom is -0.492 e. The summed E-state index contributed by atoms with van der Waals surface area (Å²) >= 11 is 15.4.